The minimum atomic E-state index is 0.368. The van der Waals surface area contributed by atoms with Crippen molar-refractivity contribution in [1.82, 2.24) is 21.3 Å². The van der Waals surface area contributed by atoms with Crippen molar-refractivity contribution in [3.05, 3.63) is 203 Å². The maximum Gasteiger partial charge on any atom is 0.124 e. The van der Waals surface area contributed by atoms with Crippen LogP contribution in [-0.4, -0.2) is 93.1 Å². The lowest BCUT2D eigenvalue weighted by atomic mass is 9.86. The molecule has 0 aromatic heterocycles. The lowest BCUT2D eigenvalue weighted by Gasteiger charge is -2.33. The van der Waals surface area contributed by atoms with Gasteiger partial charge in [0.25, 0.3) is 0 Å². The molecule has 10 rings (SSSR count). The summed E-state index contributed by atoms with van der Waals surface area (Å²) in [6.45, 7) is 9.29. The molecule has 0 bridgehead atoms. The van der Waals surface area contributed by atoms with Gasteiger partial charge in [-0.25, -0.2) is 0 Å². The molecule has 80 heavy (non-hydrogen) atoms. The van der Waals surface area contributed by atoms with Gasteiger partial charge in [-0.3, -0.25) is 0 Å². The van der Waals surface area contributed by atoms with Gasteiger partial charge < -0.3 is 59.2 Å². The zero-order valence-electron chi connectivity index (χ0n) is 47.1. The van der Waals surface area contributed by atoms with E-state index in [0.717, 1.165) is 111 Å². The first-order valence-corrected chi connectivity index (χ1v) is 28.3. The second kappa shape index (κ2) is 30.4. The highest BCUT2D eigenvalue weighted by Gasteiger charge is 2.27. The maximum atomic E-state index is 5.99. The molecule has 4 atom stereocenters. The number of rotatable bonds is 26. The van der Waals surface area contributed by atoms with Crippen LogP contribution >= 0.6 is 0 Å². The highest BCUT2D eigenvalue weighted by Crippen LogP contribution is 2.31. The predicted octanol–water partition coefficient (Wildman–Crippen LogP) is 12.2. The fraction of sp³-hybridized carbons (Fsp3) is 0.353. The van der Waals surface area contributed by atoms with E-state index in [1.165, 1.54) is 43.8 Å². The minimum Gasteiger partial charge on any atom is -0.497 e. The van der Waals surface area contributed by atoms with Crippen molar-refractivity contribution in [3.8, 4) is 34.5 Å². The Kier molecular flexibility index (Phi) is 21.9. The van der Waals surface area contributed by atoms with Crippen LogP contribution in [0.2, 0.25) is 0 Å². The Labute approximate surface area is 473 Å². The van der Waals surface area contributed by atoms with E-state index in [1.807, 2.05) is 60.7 Å². The van der Waals surface area contributed by atoms with Crippen molar-refractivity contribution >= 4 is 21.5 Å². The van der Waals surface area contributed by atoms with Gasteiger partial charge in [-0.15, -0.1) is 0 Å². The van der Waals surface area contributed by atoms with Gasteiger partial charge in [0.1, 0.15) is 34.5 Å². The first kappa shape index (κ1) is 57.5. The lowest BCUT2D eigenvalue weighted by molar-refractivity contribution is 0.105. The van der Waals surface area contributed by atoms with Crippen LogP contribution in [0.15, 0.2) is 170 Å². The molecule has 2 saturated heterocycles. The molecule has 0 saturated carbocycles. The van der Waals surface area contributed by atoms with Crippen molar-refractivity contribution in [3.63, 3.8) is 0 Å². The van der Waals surface area contributed by atoms with Gasteiger partial charge in [0.15, 0.2) is 0 Å². The molecule has 8 aromatic rings. The zero-order valence-corrected chi connectivity index (χ0v) is 47.1. The molecule has 12 nitrogen and oxygen atoms in total. The van der Waals surface area contributed by atoms with Gasteiger partial charge in [-0.2, -0.15) is 0 Å². The van der Waals surface area contributed by atoms with Gasteiger partial charge in [0.2, 0.25) is 0 Å². The Morgan fingerprint density at radius 1 is 0.412 bits per heavy atom. The molecule has 2 aliphatic rings. The summed E-state index contributed by atoms with van der Waals surface area (Å²) < 4.78 is 45.1. The molecule has 420 valence electrons. The zero-order chi connectivity index (χ0) is 55.1. The third-order valence-corrected chi connectivity index (χ3v) is 15.2. The highest BCUT2D eigenvalue weighted by atomic mass is 16.5. The van der Waals surface area contributed by atoms with Crippen molar-refractivity contribution in [2.75, 3.05) is 81.0 Å². The molecule has 2 aliphatic heterocycles. The summed E-state index contributed by atoms with van der Waals surface area (Å²) in [7, 11) is 6.78. The average molecular weight is 1080 g/mol. The molecule has 0 unspecified atom stereocenters. The van der Waals surface area contributed by atoms with E-state index in [9.17, 15) is 0 Å². The van der Waals surface area contributed by atoms with Gasteiger partial charge >= 0.3 is 0 Å². The summed E-state index contributed by atoms with van der Waals surface area (Å²) in [6.07, 6.45) is 3.89. The van der Waals surface area contributed by atoms with Gasteiger partial charge in [0, 0.05) is 74.1 Å². The van der Waals surface area contributed by atoms with Gasteiger partial charge in [0.05, 0.1) is 68.1 Å². The Morgan fingerprint density at radius 3 is 1.24 bits per heavy atom. The summed E-state index contributed by atoms with van der Waals surface area (Å²) in [6, 6.07) is 59.7. The normalized spacial score (nSPS) is 17.1. The number of para-hydroxylation sites is 2. The van der Waals surface area contributed by atoms with Crippen LogP contribution in [0.3, 0.4) is 0 Å². The number of methoxy groups -OCH3 is 4. The molecule has 4 N–H and O–H groups in total. The first-order valence-electron chi connectivity index (χ1n) is 28.3. The summed E-state index contributed by atoms with van der Waals surface area (Å²) in [5, 5.41) is 19.6. The van der Waals surface area contributed by atoms with Crippen LogP contribution < -0.4 is 49.7 Å². The van der Waals surface area contributed by atoms with E-state index in [-0.39, 0.29) is 0 Å². The van der Waals surface area contributed by atoms with Crippen LogP contribution in [0.4, 0.5) is 0 Å². The molecule has 0 amide bonds. The summed E-state index contributed by atoms with van der Waals surface area (Å²) in [5.74, 6) is 6.23. The number of hydrogen-bond donors (Lipinski definition) is 4. The van der Waals surface area contributed by atoms with E-state index in [0.29, 0.717) is 63.6 Å². The van der Waals surface area contributed by atoms with E-state index in [1.54, 1.807) is 28.4 Å². The molecular weight excluding hydrogens is 1000 g/mol. The number of piperidine rings is 2. The fourth-order valence-corrected chi connectivity index (χ4v) is 10.8. The minimum absolute atomic E-state index is 0.368. The molecule has 8 aromatic carbocycles. The van der Waals surface area contributed by atoms with E-state index in [4.69, 9.17) is 37.9 Å². The van der Waals surface area contributed by atoms with Crippen LogP contribution in [0, 0.1) is 0 Å². The number of benzene rings is 8. The number of ether oxygens (including phenoxy) is 8. The van der Waals surface area contributed by atoms with Crippen molar-refractivity contribution in [1.29, 1.82) is 0 Å². The topological polar surface area (TPSA) is 122 Å². The van der Waals surface area contributed by atoms with Crippen LogP contribution in [0.25, 0.3) is 21.5 Å². The lowest BCUT2D eigenvalue weighted by Crippen LogP contribution is -2.47. The molecule has 2 heterocycles. The van der Waals surface area contributed by atoms with Crippen LogP contribution in [0.5, 0.6) is 34.5 Å². The smallest absolute Gasteiger partial charge is 0.124 e. The molecule has 12 heteroatoms. The van der Waals surface area contributed by atoms with E-state index >= 15 is 0 Å². The van der Waals surface area contributed by atoms with Crippen LogP contribution in [0.1, 0.15) is 70.9 Å². The molecule has 0 radical (unpaired) electrons. The average Bonchev–Trinajstić information content (AvgIpc) is 3.52. The fourth-order valence-electron chi connectivity index (χ4n) is 10.8. The standard InChI is InChI=1S/2C34H40N2O4/c2*1-37-31-15-12-27-20-25(8-9-28(27)21-31)22-36-33-23-35-17-16-32(33)26-10-13-30(14-11-26)40-19-5-18-39-24-29-6-3-4-7-34(29)38-2/h2*3-4,6-15,20-21,32-33,35-36H,5,16-19,22-24H2,1-2H3/t2*32-,33-/m10/s1. The predicted molar refractivity (Wildman–Crippen MR) is 321 cm³/mol. The number of nitrogens with one attached hydrogen (secondary N) is 4. The van der Waals surface area contributed by atoms with Crippen LogP contribution in [-0.2, 0) is 35.8 Å². The number of fused-ring (bicyclic) bond motifs is 2. The summed E-state index contributed by atoms with van der Waals surface area (Å²) in [5.41, 5.74) is 7.42. The third kappa shape index (κ3) is 16.5. The van der Waals surface area contributed by atoms with Crippen molar-refractivity contribution < 1.29 is 37.9 Å². The molecule has 2 fully saturated rings. The Morgan fingerprint density at radius 2 is 0.812 bits per heavy atom. The largest absolute Gasteiger partial charge is 0.497 e. The molecular formula is C68H80N4O8. The van der Waals surface area contributed by atoms with Gasteiger partial charge in [-0.05, 0) is 143 Å². The van der Waals surface area contributed by atoms with Crippen molar-refractivity contribution in [2.45, 2.75) is 75.9 Å². The second-order valence-corrected chi connectivity index (χ2v) is 20.5. The van der Waals surface area contributed by atoms with Gasteiger partial charge in [-0.1, -0.05) is 97.1 Å². The van der Waals surface area contributed by atoms with E-state index in [2.05, 4.69) is 130 Å². The molecule has 0 spiro atoms. The quantitative estimate of drug-likeness (QED) is 0.0386. The number of hydrogen-bond acceptors (Lipinski definition) is 12. The first-order chi connectivity index (χ1) is 39.5. The summed E-state index contributed by atoms with van der Waals surface area (Å²) >= 11 is 0. The second-order valence-electron chi connectivity index (χ2n) is 20.5. The van der Waals surface area contributed by atoms with E-state index < -0.39 is 0 Å². The SMILES string of the molecule is COc1ccc2cc(CN[C@@H]3CNCC[C@@H]3c3ccc(OCCCOCc4ccccc4OC)cc3)ccc2c1.COc1ccc2cc(CN[C@H]3CNCC[C@H]3c3ccc(OCCCOCc4ccccc4OC)cc3)ccc2c1. The Hall–Kier alpha value is -7.16. The Bertz CT molecular complexity index is 2930. The monoisotopic (exact) mass is 1080 g/mol. The highest BCUT2D eigenvalue weighted by molar-refractivity contribution is 5.85. The third-order valence-electron chi connectivity index (χ3n) is 15.2. The Balaban J connectivity index is 0.000000194. The summed E-state index contributed by atoms with van der Waals surface area (Å²) in [4.78, 5) is 0. The molecule has 0 aliphatic carbocycles. The maximum absolute atomic E-state index is 5.99. The van der Waals surface area contributed by atoms with Crippen molar-refractivity contribution in [2.24, 2.45) is 0 Å².